The molecule has 0 aromatic heterocycles. The summed E-state index contributed by atoms with van der Waals surface area (Å²) in [6.07, 6.45) is 6.12. The molecule has 0 saturated carbocycles. The van der Waals surface area contributed by atoms with Crippen molar-refractivity contribution in [1.29, 1.82) is 0 Å². The number of benzene rings is 1. The van der Waals surface area contributed by atoms with E-state index in [1.54, 1.807) is 11.8 Å². The molecule has 2 N–H and O–H groups in total. The molecule has 1 saturated heterocycles. The van der Waals surface area contributed by atoms with Gasteiger partial charge in [0.15, 0.2) is 0 Å². The molecule has 2 rings (SSSR count). The number of rotatable bonds is 5. The SMILES string of the molecule is CCCC1CCN(c2cccc(SC)c2CN)C1. The van der Waals surface area contributed by atoms with E-state index in [9.17, 15) is 0 Å². The van der Waals surface area contributed by atoms with E-state index in [0.29, 0.717) is 6.54 Å². The van der Waals surface area contributed by atoms with Crippen molar-refractivity contribution in [2.75, 3.05) is 24.2 Å². The van der Waals surface area contributed by atoms with Crippen LogP contribution in [0.4, 0.5) is 5.69 Å². The van der Waals surface area contributed by atoms with Crippen LogP contribution < -0.4 is 10.6 Å². The smallest absolute Gasteiger partial charge is 0.0423 e. The Hall–Kier alpha value is -0.670. The third kappa shape index (κ3) is 2.83. The fourth-order valence-electron chi connectivity index (χ4n) is 2.94. The minimum atomic E-state index is 0.640. The predicted octanol–water partition coefficient (Wildman–Crippen LogP) is 3.49. The molecule has 0 spiro atoms. The third-order valence-corrected chi connectivity index (χ3v) is 4.68. The van der Waals surface area contributed by atoms with E-state index in [1.807, 2.05) is 0 Å². The van der Waals surface area contributed by atoms with Gasteiger partial charge < -0.3 is 10.6 Å². The molecule has 1 aromatic rings. The van der Waals surface area contributed by atoms with Crippen molar-refractivity contribution in [3.8, 4) is 0 Å². The largest absolute Gasteiger partial charge is 0.371 e. The van der Waals surface area contributed by atoms with Gasteiger partial charge in [0.1, 0.15) is 0 Å². The van der Waals surface area contributed by atoms with Gasteiger partial charge in [0.05, 0.1) is 0 Å². The van der Waals surface area contributed by atoms with Crippen LogP contribution in [0.15, 0.2) is 23.1 Å². The number of nitrogens with two attached hydrogens (primary N) is 1. The molecule has 2 nitrogen and oxygen atoms in total. The van der Waals surface area contributed by atoms with Crippen LogP contribution in [-0.2, 0) is 6.54 Å². The van der Waals surface area contributed by atoms with Crippen molar-refractivity contribution in [3.63, 3.8) is 0 Å². The van der Waals surface area contributed by atoms with Gasteiger partial charge in [-0.15, -0.1) is 11.8 Å². The highest BCUT2D eigenvalue weighted by Crippen LogP contribution is 2.33. The topological polar surface area (TPSA) is 29.3 Å². The second-order valence-electron chi connectivity index (χ2n) is 5.05. The minimum absolute atomic E-state index is 0.640. The Morgan fingerprint density at radius 3 is 2.94 bits per heavy atom. The number of hydrogen-bond acceptors (Lipinski definition) is 3. The standard InChI is InChI=1S/C15H24N2S/c1-3-5-12-8-9-17(11-12)14-6-4-7-15(18-2)13(14)10-16/h4,6-7,12H,3,5,8-11,16H2,1-2H3. The molecule has 0 radical (unpaired) electrons. The summed E-state index contributed by atoms with van der Waals surface area (Å²) in [5.41, 5.74) is 8.63. The lowest BCUT2D eigenvalue weighted by Gasteiger charge is -2.23. The molecule has 0 aliphatic carbocycles. The zero-order chi connectivity index (χ0) is 13.0. The maximum atomic E-state index is 5.95. The first kappa shape index (κ1) is 13.8. The number of hydrogen-bond donors (Lipinski definition) is 1. The van der Waals surface area contributed by atoms with Crippen LogP contribution in [0.3, 0.4) is 0 Å². The molecule has 18 heavy (non-hydrogen) atoms. The molecule has 1 aromatic carbocycles. The molecular formula is C15H24N2S. The molecule has 1 heterocycles. The summed E-state index contributed by atoms with van der Waals surface area (Å²) in [5, 5.41) is 0. The molecule has 100 valence electrons. The molecule has 1 unspecified atom stereocenters. The highest BCUT2D eigenvalue weighted by molar-refractivity contribution is 7.98. The molecule has 3 heteroatoms. The Morgan fingerprint density at radius 2 is 2.28 bits per heavy atom. The summed E-state index contributed by atoms with van der Waals surface area (Å²) in [7, 11) is 0. The van der Waals surface area contributed by atoms with E-state index in [4.69, 9.17) is 5.73 Å². The van der Waals surface area contributed by atoms with Crippen LogP contribution >= 0.6 is 11.8 Å². The van der Waals surface area contributed by atoms with E-state index in [1.165, 1.54) is 48.5 Å². The zero-order valence-corrected chi connectivity index (χ0v) is 12.3. The van der Waals surface area contributed by atoms with Crippen molar-refractivity contribution in [3.05, 3.63) is 23.8 Å². The van der Waals surface area contributed by atoms with Crippen LogP contribution in [0.2, 0.25) is 0 Å². The summed E-state index contributed by atoms with van der Waals surface area (Å²) >= 11 is 1.80. The monoisotopic (exact) mass is 264 g/mol. The van der Waals surface area contributed by atoms with Crippen molar-refractivity contribution < 1.29 is 0 Å². The maximum Gasteiger partial charge on any atom is 0.0423 e. The zero-order valence-electron chi connectivity index (χ0n) is 11.5. The highest BCUT2D eigenvalue weighted by Gasteiger charge is 2.23. The van der Waals surface area contributed by atoms with E-state index >= 15 is 0 Å². The lowest BCUT2D eigenvalue weighted by Crippen LogP contribution is -2.22. The first-order chi connectivity index (χ1) is 8.80. The molecule has 1 aliphatic heterocycles. The van der Waals surface area contributed by atoms with Crippen molar-refractivity contribution in [2.45, 2.75) is 37.6 Å². The number of nitrogens with zero attached hydrogens (tertiary/aromatic N) is 1. The van der Waals surface area contributed by atoms with Gasteiger partial charge in [0.25, 0.3) is 0 Å². The van der Waals surface area contributed by atoms with Gasteiger partial charge in [-0.2, -0.15) is 0 Å². The predicted molar refractivity (Wildman–Crippen MR) is 81.3 cm³/mol. The van der Waals surface area contributed by atoms with E-state index in [2.05, 4.69) is 36.3 Å². The third-order valence-electron chi connectivity index (χ3n) is 3.86. The molecule has 1 atom stereocenters. The lowest BCUT2D eigenvalue weighted by atomic mass is 10.0. The van der Waals surface area contributed by atoms with Crippen molar-refractivity contribution in [2.24, 2.45) is 11.7 Å². The number of anilines is 1. The average molecular weight is 264 g/mol. The summed E-state index contributed by atoms with van der Waals surface area (Å²) < 4.78 is 0. The summed E-state index contributed by atoms with van der Waals surface area (Å²) in [4.78, 5) is 3.86. The fourth-order valence-corrected chi connectivity index (χ4v) is 3.59. The normalized spacial score (nSPS) is 19.5. The van der Waals surface area contributed by atoms with Crippen molar-refractivity contribution in [1.82, 2.24) is 0 Å². The first-order valence-electron chi connectivity index (χ1n) is 6.91. The molecular weight excluding hydrogens is 240 g/mol. The molecule has 1 aliphatic rings. The molecule has 1 fully saturated rings. The highest BCUT2D eigenvalue weighted by atomic mass is 32.2. The maximum absolute atomic E-state index is 5.95. The van der Waals surface area contributed by atoms with E-state index in [0.717, 1.165) is 5.92 Å². The minimum Gasteiger partial charge on any atom is -0.371 e. The fraction of sp³-hybridized carbons (Fsp3) is 0.600. The lowest BCUT2D eigenvalue weighted by molar-refractivity contribution is 0.529. The Bertz CT molecular complexity index is 392. The van der Waals surface area contributed by atoms with Crippen LogP contribution in [-0.4, -0.2) is 19.3 Å². The Kier molecular flexibility index (Phi) is 4.95. The van der Waals surface area contributed by atoms with Gasteiger partial charge in [-0.3, -0.25) is 0 Å². The average Bonchev–Trinajstić information content (AvgIpc) is 2.86. The Labute approximate surface area is 115 Å². The van der Waals surface area contributed by atoms with Gasteiger partial charge >= 0.3 is 0 Å². The second kappa shape index (κ2) is 6.48. The van der Waals surface area contributed by atoms with Crippen LogP contribution in [0.25, 0.3) is 0 Å². The van der Waals surface area contributed by atoms with Crippen LogP contribution in [0.5, 0.6) is 0 Å². The van der Waals surface area contributed by atoms with Gasteiger partial charge in [-0.25, -0.2) is 0 Å². The van der Waals surface area contributed by atoms with Gasteiger partial charge in [0, 0.05) is 35.8 Å². The number of thioether (sulfide) groups is 1. The molecule has 0 bridgehead atoms. The van der Waals surface area contributed by atoms with E-state index < -0.39 is 0 Å². The first-order valence-corrected chi connectivity index (χ1v) is 8.13. The van der Waals surface area contributed by atoms with Crippen molar-refractivity contribution >= 4 is 17.4 Å². The second-order valence-corrected chi connectivity index (χ2v) is 5.90. The van der Waals surface area contributed by atoms with E-state index in [-0.39, 0.29) is 0 Å². The van der Waals surface area contributed by atoms with Crippen LogP contribution in [0, 0.1) is 5.92 Å². The quantitative estimate of drug-likeness (QED) is 0.825. The summed E-state index contributed by atoms with van der Waals surface area (Å²) in [6, 6.07) is 6.57. The summed E-state index contributed by atoms with van der Waals surface area (Å²) in [5.74, 6) is 0.874. The Morgan fingerprint density at radius 1 is 1.44 bits per heavy atom. The van der Waals surface area contributed by atoms with Crippen LogP contribution in [0.1, 0.15) is 31.7 Å². The summed E-state index contributed by atoms with van der Waals surface area (Å²) in [6.45, 7) is 5.32. The van der Waals surface area contributed by atoms with Gasteiger partial charge in [-0.05, 0) is 37.1 Å². The Balaban J connectivity index is 2.18. The molecule has 0 amide bonds. The van der Waals surface area contributed by atoms with Gasteiger partial charge in [0.2, 0.25) is 0 Å². The van der Waals surface area contributed by atoms with Gasteiger partial charge in [-0.1, -0.05) is 19.4 Å².